The van der Waals surface area contributed by atoms with E-state index in [1.807, 2.05) is 0 Å². The average molecular weight is 396 g/mol. The Morgan fingerprint density at radius 1 is 0.893 bits per heavy atom. The maximum atomic E-state index is 13.0. The molecule has 3 aromatic rings. The summed E-state index contributed by atoms with van der Waals surface area (Å²) in [5, 5.41) is 11.4. The quantitative estimate of drug-likeness (QED) is 0.253. The fraction of sp³-hybridized carbons (Fsp3) is 0.0476. The average Bonchev–Trinajstić information content (AvgIpc) is 2.73. The van der Waals surface area contributed by atoms with Crippen LogP contribution in [-0.2, 0) is 4.74 Å². The van der Waals surface area contributed by atoms with Gasteiger partial charge in [0, 0.05) is 28.3 Å². The van der Waals surface area contributed by atoms with Gasteiger partial charge in [0.05, 0.1) is 10.5 Å². The number of non-ortho nitro benzene ring substituents is 1. The maximum Gasteiger partial charge on any atom is 0.339 e. The molecule has 0 aliphatic heterocycles. The first kappa shape index (κ1) is 19.3. The van der Waals surface area contributed by atoms with Gasteiger partial charge in [-0.1, -0.05) is 60.1 Å². The topological polar surface area (TPSA) is 86.5 Å². The van der Waals surface area contributed by atoms with E-state index in [9.17, 15) is 19.7 Å². The van der Waals surface area contributed by atoms with Crippen LogP contribution in [0.25, 0.3) is 0 Å². The van der Waals surface area contributed by atoms with Gasteiger partial charge in [-0.15, -0.1) is 0 Å². The number of halogens is 1. The number of carbonyl (C=O) groups is 2. The molecule has 0 aliphatic carbocycles. The SMILES string of the molecule is O=C(O[C@@H](C(=O)c1ccccc1)c1ccc(Cl)cc1)c1cccc([N+](=O)[O-])c1. The predicted molar refractivity (Wildman–Crippen MR) is 103 cm³/mol. The first-order valence-electron chi connectivity index (χ1n) is 8.26. The van der Waals surface area contributed by atoms with Gasteiger partial charge < -0.3 is 4.74 Å². The largest absolute Gasteiger partial charge is 0.445 e. The van der Waals surface area contributed by atoms with Crippen LogP contribution in [0.4, 0.5) is 5.69 Å². The Morgan fingerprint density at radius 3 is 2.18 bits per heavy atom. The smallest absolute Gasteiger partial charge is 0.339 e. The summed E-state index contributed by atoms with van der Waals surface area (Å²) in [7, 11) is 0. The zero-order chi connectivity index (χ0) is 20.1. The Balaban J connectivity index is 1.94. The number of ketones is 1. The Kier molecular flexibility index (Phi) is 5.81. The first-order valence-corrected chi connectivity index (χ1v) is 8.63. The van der Waals surface area contributed by atoms with Crippen LogP contribution in [0.2, 0.25) is 5.02 Å². The van der Waals surface area contributed by atoms with Crippen molar-refractivity contribution < 1.29 is 19.2 Å². The molecule has 0 spiro atoms. The minimum Gasteiger partial charge on any atom is -0.445 e. The molecule has 0 fully saturated rings. The lowest BCUT2D eigenvalue weighted by Gasteiger charge is -2.17. The van der Waals surface area contributed by atoms with Crippen molar-refractivity contribution in [1.82, 2.24) is 0 Å². The predicted octanol–water partition coefficient (Wildman–Crippen LogP) is 5.03. The standard InChI is InChI=1S/C21H14ClNO5/c22-17-11-9-15(10-12-17)20(19(24)14-5-2-1-3-6-14)28-21(25)16-7-4-8-18(13-16)23(26)27/h1-13,20H/t20-/m1/s1. The fourth-order valence-electron chi connectivity index (χ4n) is 2.59. The van der Waals surface area contributed by atoms with E-state index in [0.29, 0.717) is 16.1 Å². The summed E-state index contributed by atoms with van der Waals surface area (Å²) in [5.41, 5.74) is 0.548. The van der Waals surface area contributed by atoms with Gasteiger partial charge in [-0.3, -0.25) is 14.9 Å². The van der Waals surface area contributed by atoms with Gasteiger partial charge in [0.15, 0.2) is 6.10 Å². The molecule has 0 heterocycles. The number of hydrogen-bond acceptors (Lipinski definition) is 5. The molecule has 0 aromatic heterocycles. The zero-order valence-corrected chi connectivity index (χ0v) is 15.2. The maximum absolute atomic E-state index is 13.0. The second-order valence-electron chi connectivity index (χ2n) is 5.87. The van der Waals surface area contributed by atoms with Crippen LogP contribution >= 0.6 is 11.6 Å². The molecule has 3 rings (SSSR count). The highest BCUT2D eigenvalue weighted by Gasteiger charge is 2.27. The molecule has 1 atom stereocenters. The fourth-order valence-corrected chi connectivity index (χ4v) is 2.71. The summed E-state index contributed by atoms with van der Waals surface area (Å²) in [6.07, 6.45) is -1.22. The highest BCUT2D eigenvalue weighted by atomic mass is 35.5. The van der Waals surface area contributed by atoms with Crippen LogP contribution in [0.15, 0.2) is 78.9 Å². The monoisotopic (exact) mass is 395 g/mol. The first-order chi connectivity index (χ1) is 13.5. The number of hydrogen-bond donors (Lipinski definition) is 0. The molecule has 0 saturated carbocycles. The minimum absolute atomic E-state index is 0.0194. The van der Waals surface area contributed by atoms with Gasteiger partial charge in [0.25, 0.3) is 5.69 Å². The van der Waals surface area contributed by atoms with E-state index in [2.05, 4.69) is 0 Å². The summed E-state index contributed by atoms with van der Waals surface area (Å²) in [6.45, 7) is 0. The lowest BCUT2D eigenvalue weighted by Crippen LogP contribution is -2.20. The summed E-state index contributed by atoms with van der Waals surface area (Å²) in [4.78, 5) is 35.9. The Labute approximate surface area is 165 Å². The highest BCUT2D eigenvalue weighted by molar-refractivity contribution is 6.30. The normalized spacial score (nSPS) is 11.5. The molecule has 140 valence electrons. The summed E-state index contributed by atoms with van der Waals surface area (Å²) in [6, 6.07) is 19.9. The molecule has 28 heavy (non-hydrogen) atoms. The Hall–Kier alpha value is -3.51. The van der Waals surface area contributed by atoms with E-state index in [1.54, 1.807) is 54.6 Å². The second-order valence-corrected chi connectivity index (χ2v) is 6.31. The number of Topliss-reactive ketones (excluding diaryl/α,β-unsaturated/α-hetero) is 1. The van der Waals surface area contributed by atoms with Gasteiger partial charge in [0.1, 0.15) is 0 Å². The summed E-state index contributed by atoms with van der Waals surface area (Å²) >= 11 is 5.91. The lowest BCUT2D eigenvalue weighted by molar-refractivity contribution is -0.384. The molecule has 6 nitrogen and oxygen atoms in total. The number of nitro groups is 1. The van der Waals surface area contributed by atoms with Crippen molar-refractivity contribution in [2.24, 2.45) is 0 Å². The number of ether oxygens (including phenoxy) is 1. The summed E-state index contributed by atoms with van der Waals surface area (Å²) in [5.74, 6) is -1.25. The van der Waals surface area contributed by atoms with Crippen molar-refractivity contribution in [1.29, 1.82) is 0 Å². The number of esters is 1. The van der Waals surface area contributed by atoms with Crippen molar-refractivity contribution >= 4 is 29.0 Å². The van der Waals surface area contributed by atoms with Gasteiger partial charge in [-0.05, 0) is 18.2 Å². The molecular formula is C21H14ClNO5. The van der Waals surface area contributed by atoms with Crippen molar-refractivity contribution in [2.45, 2.75) is 6.10 Å². The third kappa shape index (κ3) is 4.42. The third-order valence-electron chi connectivity index (χ3n) is 3.99. The van der Waals surface area contributed by atoms with Crippen LogP contribution in [0.3, 0.4) is 0 Å². The van der Waals surface area contributed by atoms with Crippen molar-refractivity contribution in [2.75, 3.05) is 0 Å². The molecule has 7 heteroatoms. The van der Waals surface area contributed by atoms with E-state index in [4.69, 9.17) is 16.3 Å². The van der Waals surface area contributed by atoms with Gasteiger partial charge >= 0.3 is 5.97 Å². The second kappa shape index (κ2) is 8.45. The van der Waals surface area contributed by atoms with Crippen LogP contribution in [0, 0.1) is 10.1 Å². The van der Waals surface area contributed by atoms with Crippen molar-refractivity contribution in [3.63, 3.8) is 0 Å². The molecule has 0 unspecified atom stereocenters. The lowest BCUT2D eigenvalue weighted by atomic mass is 9.99. The number of nitro benzene ring substituents is 1. The van der Waals surface area contributed by atoms with Crippen LogP contribution in [0.1, 0.15) is 32.4 Å². The minimum atomic E-state index is -1.22. The van der Waals surface area contributed by atoms with E-state index in [-0.39, 0.29) is 11.3 Å². The Morgan fingerprint density at radius 2 is 1.54 bits per heavy atom. The number of carbonyl (C=O) groups excluding carboxylic acids is 2. The molecule has 0 amide bonds. The number of nitrogens with zero attached hydrogens (tertiary/aromatic N) is 1. The van der Waals surface area contributed by atoms with E-state index < -0.39 is 22.8 Å². The van der Waals surface area contributed by atoms with Gasteiger partial charge in [0.2, 0.25) is 5.78 Å². The van der Waals surface area contributed by atoms with E-state index >= 15 is 0 Å². The van der Waals surface area contributed by atoms with E-state index in [1.165, 1.54) is 18.2 Å². The van der Waals surface area contributed by atoms with Crippen LogP contribution in [0.5, 0.6) is 0 Å². The molecular weight excluding hydrogens is 382 g/mol. The van der Waals surface area contributed by atoms with Gasteiger partial charge in [-0.25, -0.2) is 4.79 Å². The summed E-state index contributed by atoms with van der Waals surface area (Å²) < 4.78 is 5.46. The third-order valence-corrected chi connectivity index (χ3v) is 4.24. The van der Waals surface area contributed by atoms with Crippen molar-refractivity contribution in [3.05, 3.63) is 111 Å². The van der Waals surface area contributed by atoms with E-state index in [0.717, 1.165) is 6.07 Å². The van der Waals surface area contributed by atoms with Crippen LogP contribution in [-0.4, -0.2) is 16.7 Å². The molecule has 0 N–H and O–H groups in total. The highest BCUT2D eigenvalue weighted by Crippen LogP contribution is 2.26. The van der Waals surface area contributed by atoms with Gasteiger partial charge in [-0.2, -0.15) is 0 Å². The molecule has 0 saturated heterocycles. The molecule has 0 radical (unpaired) electrons. The number of benzene rings is 3. The molecule has 0 aliphatic rings. The zero-order valence-electron chi connectivity index (χ0n) is 14.4. The van der Waals surface area contributed by atoms with Crippen molar-refractivity contribution in [3.8, 4) is 0 Å². The number of rotatable bonds is 6. The molecule has 3 aromatic carbocycles. The molecule has 0 bridgehead atoms. The van der Waals surface area contributed by atoms with Crippen LogP contribution < -0.4 is 0 Å². The Bertz CT molecular complexity index is 1020.